The molecule has 0 saturated carbocycles. The molecular weight excluding hydrogens is 296 g/mol. The molecule has 1 aliphatic rings. The van der Waals surface area contributed by atoms with Gasteiger partial charge in [0.05, 0.1) is 5.69 Å². The molecule has 5 nitrogen and oxygen atoms in total. The molecule has 120 valence electrons. The van der Waals surface area contributed by atoms with Crippen molar-refractivity contribution in [2.24, 2.45) is 0 Å². The normalized spacial score (nSPS) is 21.1. The average Bonchev–Trinajstić information content (AvgIpc) is 3.19. The molecule has 1 N–H and O–H groups in total. The molecule has 2 aromatic rings. The van der Waals surface area contributed by atoms with Gasteiger partial charge in [-0.1, -0.05) is 0 Å². The largest absolute Gasteiger partial charge is 0.372 e. The number of hydrogen-bond acceptors (Lipinski definition) is 5. The predicted molar refractivity (Wildman–Crippen MR) is 88.0 cm³/mol. The molecule has 3 rings (SSSR count). The van der Waals surface area contributed by atoms with Gasteiger partial charge in [0.15, 0.2) is 0 Å². The number of thiazole rings is 1. The SMILES string of the molecule is CCO[C@H](C)c1nc(CN2CCC[C@@H](c3ccn[nH]3)C2)cs1. The number of ether oxygens (including phenoxy) is 1. The molecule has 2 aromatic heterocycles. The standard InChI is InChI=1S/C16H24N4OS/c1-3-21-12(2)16-18-14(11-22-16)10-20-8-4-5-13(9-20)15-6-7-17-19-15/h6-7,11-13H,3-5,8-10H2,1-2H3,(H,17,19)/t12-,13-/m1/s1. The molecule has 2 atom stereocenters. The van der Waals surface area contributed by atoms with E-state index in [1.165, 1.54) is 18.5 Å². The van der Waals surface area contributed by atoms with Crippen molar-refractivity contribution < 1.29 is 4.74 Å². The highest BCUT2D eigenvalue weighted by molar-refractivity contribution is 7.09. The van der Waals surface area contributed by atoms with E-state index in [9.17, 15) is 0 Å². The second-order valence-electron chi connectivity index (χ2n) is 5.86. The summed E-state index contributed by atoms with van der Waals surface area (Å²) in [6.07, 6.45) is 4.41. The number of rotatable bonds is 6. The Morgan fingerprint density at radius 2 is 2.45 bits per heavy atom. The Balaban J connectivity index is 1.58. The van der Waals surface area contributed by atoms with Crippen molar-refractivity contribution in [1.82, 2.24) is 20.1 Å². The summed E-state index contributed by atoms with van der Waals surface area (Å²) >= 11 is 1.71. The molecule has 0 spiro atoms. The van der Waals surface area contributed by atoms with E-state index in [0.717, 1.165) is 36.9 Å². The Bertz CT molecular complexity index is 568. The van der Waals surface area contributed by atoms with Crippen molar-refractivity contribution in [3.8, 4) is 0 Å². The van der Waals surface area contributed by atoms with E-state index in [0.29, 0.717) is 5.92 Å². The van der Waals surface area contributed by atoms with Crippen LogP contribution in [0.15, 0.2) is 17.6 Å². The van der Waals surface area contributed by atoms with Gasteiger partial charge in [-0.05, 0) is 39.3 Å². The molecule has 22 heavy (non-hydrogen) atoms. The third-order valence-electron chi connectivity index (χ3n) is 4.19. The highest BCUT2D eigenvalue weighted by Crippen LogP contribution is 2.27. The topological polar surface area (TPSA) is 54.0 Å². The van der Waals surface area contributed by atoms with Gasteiger partial charge in [0.2, 0.25) is 0 Å². The zero-order valence-electron chi connectivity index (χ0n) is 13.3. The molecule has 0 unspecified atom stereocenters. The van der Waals surface area contributed by atoms with Crippen LogP contribution in [0.25, 0.3) is 0 Å². The zero-order valence-corrected chi connectivity index (χ0v) is 14.1. The first-order chi connectivity index (χ1) is 10.8. The third-order valence-corrected chi connectivity index (χ3v) is 5.24. The first-order valence-electron chi connectivity index (χ1n) is 8.03. The second kappa shape index (κ2) is 7.35. The fraction of sp³-hybridized carbons (Fsp3) is 0.625. The van der Waals surface area contributed by atoms with Gasteiger partial charge in [-0.2, -0.15) is 5.10 Å². The Morgan fingerprint density at radius 3 is 3.23 bits per heavy atom. The van der Waals surface area contributed by atoms with Crippen molar-refractivity contribution in [1.29, 1.82) is 0 Å². The Morgan fingerprint density at radius 1 is 1.55 bits per heavy atom. The maximum atomic E-state index is 5.62. The van der Waals surface area contributed by atoms with E-state index in [2.05, 4.69) is 33.5 Å². The number of aromatic nitrogens is 3. The molecule has 1 fully saturated rings. The van der Waals surface area contributed by atoms with Crippen molar-refractivity contribution in [3.63, 3.8) is 0 Å². The van der Waals surface area contributed by atoms with Crippen LogP contribution in [0.1, 0.15) is 55.1 Å². The highest BCUT2D eigenvalue weighted by Gasteiger charge is 2.23. The Kier molecular flexibility index (Phi) is 5.23. The van der Waals surface area contributed by atoms with E-state index in [4.69, 9.17) is 9.72 Å². The number of hydrogen-bond donors (Lipinski definition) is 1. The van der Waals surface area contributed by atoms with Crippen LogP contribution in [0.2, 0.25) is 0 Å². The fourth-order valence-electron chi connectivity index (χ4n) is 3.08. The average molecular weight is 320 g/mol. The molecule has 0 aliphatic carbocycles. The summed E-state index contributed by atoms with van der Waals surface area (Å²) in [5.74, 6) is 0.566. The number of aromatic amines is 1. The van der Waals surface area contributed by atoms with Crippen molar-refractivity contribution >= 4 is 11.3 Å². The van der Waals surface area contributed by atoms with E-state index >= 15 is 0 Å². The summed E-state index contributed by atoms with van der Waals surface area (Å²) in [5, 5.41) is 10.4. The lowest BCUT2D eigenvalue weighted by atomic mass is 9.95. The second-order valence-corrected chi connectivity index (χ2v) is 6.75. The Labute approximate surface area is 135 Å². The van der Waals surface area contributed by atoms with Crippen LogP contribution in [-0.4, -0.2) is 39.8 Å². The molecule has 6 heteroatoms. The van der Waals surface area contributed by atoms with Gasteiger partial charge in [-0.25, -0.2) is 4.98 Å². The molecule has 1 aliphatic heterocycles. The van der Waals surface area contributed by atoms with Crippen molar-refractivity contribution in [2.45, 2.75) is 45.3 Å². The number of H-pyrrole nitrogens is 1. The summed E-state index contributed by atoms with van der Waals surface area (Å²) in [4.78, 5) is 7.24. The number of nitrogens with zero attached hydrogens (tertiary/aromatic N) is 3. The van der Waals surface area contributed by atoms with Crippen LogP contribution in [0.3, 0.4) is 0 Å². The van der Waals surface area contributed by atoms with Gasteiger partial charge >= 0.3 is 0 Å². The lowest BCUT2D eigenvalue weighted by Gasteiger charge is -2.31. The monoisotopic (exact) mass is 320 g/mol. The summed E-state index contributed by atoms with van der Waals surface area (Å²) in [5.41, 5.74) is 2.42. The molecule has 0 bridgehead atoms. The summed E-state index contributed by atoms with van der Waals surface area (Å²) < 4.78 is 5.62. The number of nitrogens with one attached hydrogen (secondary N) is 1. The van der Waals surface area contributed by atoms with Gasteiger partial charge in [0.1, 0.15) is 11.1 Å². The molecular formula is C16H24N4OS. The maximum Gasteiger partial charge on any atom is 0.122 e. The number of likely N-dealkylation sites (tertiary alicyclic amines) is 1. The first kappa shape index (κ1) is 15.6. The van der Waals surface area contributed by atoms with E-state index in [1.807, 2.05) is 13.1 Å². The van der Waals surface area contributed by atoms with Gasteiger partial charge < -0.3 is 4.74 Å². The van der Waals surface area contributed by atoms with Crippen LogP contribution < -0.4 is 0 Å². The maximum absolute atomic E-state index is 5.62. The minimum atomic E-state index is 0.0999. The van der Waals surface area contributed by atoms with Gasteiger partial charge in [0, 0.05) is 42.9 Å². The number of piperidine rings is 1. The van der Waals surface area contributed by atoms with Crippen LogP contribution in [0.5, 0.6) is 0 Å². The third kappa shape index (κ3) is 3.74. The summed E-state index contributed by atoms with van der Waals surface area (Å²) in [7, 11) is 0. The van der Waals surface area contributed by atoms with E-state index in [-0.39, 0.29) is 6.10 Å². The summed E-state index contributed by atoms with van der Waals surface area (Å²) in [6.45, 7) is 7.98. The first-order valence-corrected chi connectivity index (χ1v) is 8.91. The molecule has 0 radical (unpaired) electrons. The van der Waals surface area contributed by atoms with Crippen molar-refractivity contribution in [3.05, 3.63) is 34.0 Å². The van der Waals surface area contributed by atoms with Gasteiger partial charge in [-0.3, -0.25) is 10.00 Å². The van der Waals surface area contributed by atoms with Crippen LogP contribution in [-0.2, 0) is 11.3 Å². The quantitative estimate of drug-likeness (QED) is 0.887. The Hall–Kier alpha value is -1.24. The molecule has 0 amide bonds. The molecule has 3 heterocycles. The van der Waals surface area contributed by atoms with Crippen molar-refractivity contribution in [2.75, 3.05) is 19.7 Å². The van der Waals surface area contributed by atoms with Crippen LogP contribution in [0.4, 0.5) is 0 Å². The predicted octanol–water partition coefficient (Wildman–Crippen LogP) is 3.34. The van der Waals surface area contributed by atoms with Crippen LogP contribution >= 0.6 is 11.3 Å². The van der Waals surface area contributed by atoms with Crippen LogP contribution in [0, 0.1) is 0 Å². The summed E-state index contributed by atoms with van der Waals surface area (Å²) in [6, 6.07) is 2.10. The van der Waals surface area contributed by atoms with E-state index < -0.39 is 0 Å². The lowest BCUT2D eigenvalue weighted by Crippen LogP contribution is -2.34. The minimum absolute atomic E-state index is 0.0999. The smallest absolute Gasteiger partial charge is 0.122 e. The highest BCUT2D eigenvalue weighted by atomic mass is 32.1. The van der Waals surface area contributed by atoms with Gasteiger partial charge in [-0.15, -0.1) is 11.3 Å². The lowest BCUT2D eigenvalue weighted by molar-refractivity contribution is 0.0759. The van der Waals surface area contributed by atoms with Gasteiger partial charge in [0.25, 0.3) is 0 Å². The molecule has 0 aromatic carbocycles. The minimum Gasteiger partial charge on any atom is -0.372 e. The molecule has 1 saturated heterocycles. The van der Waals surface area contributed by atoms with E-state index in [1.54, 1.807) is 11.3 Å². The fourth-order valence-corrected chi connectivity index (χ4v) is 3.89. The zero-order chi connectivity index (χ0) is 15.4.